The lowest BCUT2D eigenvalue weighted by atomic mass is 9.79. The van der Waals surface area contributed by atoms with Crippen LogP contribution in [0.1, 0.15) is 55.2 Å². The Morgan fingerprint density at radius 2 is 1.59 bits per heavy atom. The Hall–Kier alpha value is -3.50. The number of ether oxygens (including phenoxy) is 1. The van der Waals surface area contributed by atoms with Gasteiger partial charge in [-0.05, 0) is 106 Å². The number of carbonyl (C=O) groups excluding carboxylic acids is 3. The van der Waals surface area contributed by atoms with Gasteiger partial charge in [0.25, 0.3) is 5.91 Å². The van der Waals surface area contributed by atoms with Gasteiger partial charge in [0.15, 0.2) is 6.10 Å². The van der Waals surface area contributed by atoms with Gasteiger partial charge in [0.1, 0.15) is 0 Å². The van der Waals surface area contributed by atoms with Gasteiger partial charge in [-0.15, -0.1) is 0 Å². The highest BCUT2D eigenvalue weighted by molar-refractivity contribution is 6.33. The standard InChI is InChI=1S/C35H47ClN6O4/c1-23-19-24(20-29(36)32(23)37)21-31(33(43)40-15-9-26(10-16-40)25-7-13-39(2)14-8-25)46-35(45)41-17-11-28(12-18-41)42-22-27-5-3-4-6-30(27)38-34(42)44/h3-6,19-20,25-26,28,31H,7-18,21-22,37H2,1-2H3,(H,38,44)/t31-/m1/s1. The van der Waals surface area contributed by atoms with E-state index in [0.29, 0.717) is 62.2 Å². The molecular weight excluding hydrogens is 604 g/mol. The van der Waals surface area contributed by atoms with Gasteiger partial charge in [-0.3, -0.25) is 4.79 Å². The van der Waals surface area contributed by atoms with Gasteiger partial charge in [-0.1, -0.05) is 35.9 Å². The molecule has 6 rings (SSSR count). The van der Waals surface area contributed by atoms with Crippen LogP contribution in [0.25, 0.3) is 0 Å². The van der Waals surface area contributed by atoms with E-state index in [1.54, 1.807) is 11.0 Å². The number of amides is 4. The van der Waals surface area contributed by atoms with E-state index in [1.807, 2.05) is 47.1 Å². The molecule has 0 radical (unpaired) electrons. The molecule has 10 nitrogen and oxygen atoms in total. The van der Waals surface area contributed by atoms with Gasteiger partial charge < -0.3 is 35.4 Å². The molecule has 2 aromatic carbocycles. The molecule has 0 spiro atoms. The van der Waals surface area contributed by atoms with Crippen molar-refractivity contribution in [1.82, 2.24) is 19.6 Å². The van der Waals surface area contributed by atoms with Gasteiger partial charge in [0.05, 0.1) is 10.7 Å². The van der Waals surface area contributed by atoms with E-state index in [9.17, 15) is 14.4 Å². The molecule has 0 saturated carbocycles. The summed E-state index contributed by atoms with van der Waals surface area (Å²) in [7, 11) is 2.18. The minimum atomic E-state index is -0.964. The largest absolute Gasteiger partial charge is 0.436 e. The smallest absolute Gasteiger partial charge is 0.410 e. The number of nitrogen functional groups attached to an aromatic ring is 1. The summed E-state index contributed by atoms with van der Waals surface area (Å²) in [5.74, 6) is 1.20. The number of rotatable bonds is 6. The maximum absolute atomic E-state index is 14.0. The van der Waals surface area contributed by atoms with Gasteiger partial charge >= 0.3 is 12.1 Å². The molecular formula is C35H47ClN6O4. The molecule has 4 amide bonds. The van der Waals surface area contributed by atoms with Crippen molar-refractivity contribution in [2.75, 3.05) is 57.4 Å². The number of nitrogens with one attached hydrogen (secondary N) is 1. The summed E-state index contributed by atoms with van der Waals surface area (Å²) in [6.07, 6.45) is 4.45. The van der Waals surface area contributed by atoms with E-state index in [2.05, 4.69) is 17.3 Å². The topological polar surface area (TPSA) is 111 Å². The molecule has 0 unspecified atom stereocenters. The van der Waals surface area contributed by atoms with E-state index in [0.717, 1.165) is 54.2 Å². The van der Waals surface area contributed by atoms with E-state index in [1.165, 1.54) is 12.8 Å². The highest BCUT2D eigenvalue weighted by Gasteiger charge is 2.37. The van der Waals surface area contributed by atoms with Crippen LogP contribution < -0.4 is 11.1 Å². The number of fused-ring (bicyclic) bond motifs is 1. The highest BCUT2D eigenvalue weighted by Crippen LogP contribution is 2.33. The fourth-order valence-electron chi connectivity index (χ4n) is 7.71. The number of benzene rings is 2. The van der Waals surface area contributed by atoms with Crippen LogP contribution in [0.5, 0.6) is 0 Å². The second-order valence-electron chi connectivity index (χ2n) is 13.6. The Balaban J connectivity index is 1.09. The number of anilines is 2. The molecule has 3 N–H and O–H groups in total. The first-order valence-corrected chi connectivity index (χ1v) is 17.2. The molecule has 1 atom stereocenters. The molecule has 248 valence electrons. The van der Waals surface area contributed by atoms with Crippen molar-refractivity contribution in [3.8, 4) is 0 Å². The normalized spacial score (nSPS) is 21.1. The maximum atomic E-state index is 14.0. The van der Waals surface area contributed by atoms with Crippen LogP contribution in [-0.4, -0.2) is 96.1 Å². The zero-order valence-electron chi connectivity index (χ0n) is 27.1. The number of para-hydroxylation sites is 1. The number of likely N-dealkylation sites (tertiary alicyclic amines) is 3. The molecule has 4 aliphatic heterocycles. The second kappa shape index (κ2) is 14.1. The molecule has 3 fully saturated rings. The first kappa shape index (κ1) is 32.4. The minimum Gasteiger partial charge on any atom is -0.436 e. The highest BCUT2D eigenvalue weighted by atomic mass is 35.5. The lowest BCUT2D eigenvalue weighted by Crippen LogP contribution is -2.52. The summed E-state index contributed by atoms with van der Waals surface area (Å²) in [4.78, 5) is 48.2. The number of urea groups is 1. The predicted octanol–water partition coefficient (Wildman–Crippen LogP) is 5.37. The third-order valence-corrected chi connectivity index (χ3v) is 11.0. The average Bonchev–Trinajstić information content (AvgIpc) is 3.06. The van der Waals surface area contributed by atoms with Crippen LogP contribution in [0.3, 0.4) is 0 Å². The predicted molar refractivity (Wildman–Crippen MR) is 180 cm³/mol. The molecule has 4 heterocycles. The van der Waals surface area contributed by atoms with Crippen molar-refractivity contribution in [1.29, 1.82) is 0 Å². The number of halogens is 1. The van der Waals surface area contributed by atoms with E-state index in [-0.39, 0.29) is 24.4 Å². The molecule has 4 aliphatic rings. The van der Waals surface area contributed by atoms with Gasteiger partial charge in [-0.25, -0.2) is 9.59 Å². The molecule has 11 heteroatoms. The number of hydrogen-bond acceptors (Lipinski definition) is 6. The number of carbonyl (C=O) groups is 3. The zero-order valence-corrected chi connectivity index (χ0v) is 27.8. The van der Waals surface area contributed by atoms with Gasteiger partial charge in [0.2, 0.25) is 0 Å². The number of nitrogens with two attached hydrogens (primary N) is 1. The second-order valence-corrected chi connectivity index (χ2v) is 14.0. The average molecular weight is 651 g/mol. The molecule has 0 aromatic heterocycles. The lowest BCUT2D eigenvalue weighted by molar-refractivity contribution is -0.142. The molecule has 0 bridgehead atoms. The SMILES string of the molecule is Cc1cc(C[C@@H](OC(=O)N2CCC(N3Cc4ccccc4NC3=O)CC2)C(=O)N2CCC(C3CCN(C)CC3)CC2)cc(Cl)c1N. The zero-order chi connectivity index (χ0) is 32.4. The number of piperidine rings is 3. The molecule has 2 aromatic rings. The Labute approximate surface area is 277 Å². The third-order valence-electron chi connectivity index (χ3n) is 10.6. The molecule has 0 aliphatic carbocycles. The van der Waals surface area contributed by atoms with E-state index >= 15 is 0 Å². The Morgan fingerprint density at radius 3 is 2.26 bits per heavy atom. The van der Waals surface area contributed by atoms with Crippen molar-refractivity contribution in [2.24, 2.45) is 11.8 Å². The van der Waals surface area contributed by atoms with E-state index < -0.39 is 12.2 Å². The van der Waals surface area contributed by atoms with Crippen LogP contribution in [0.2, 0.25) is 5.02 Å². The fourth-order valence-corrected chi connectivity index (χ4v) is 8.00. The van der Waals surface area contributed by atoms with Crippen LogP contribution in [0, 0.1) is 18.8 Å². The summed E-state index contributed by atoms with van der Waals surface area (Å²) in [5.41, 5.74) is 10.2. The number of aryl methyl sites for hydroxylation is 1. The first-order valence-electron chi connectivity index (χ1n) is 16.8. The van der Waals surface area contributed by atoms with Crippen molar-refractivity contribution >= 4 is 41.0 Å². The number of hydrogen-bond donors (Lipinski definition) is 2. The lowest BCUT2D eigenvalue weighted by Gasteiger charge is -2.41. The van der Waals surface area contributed by atoms with Crippen LogP contribution in [0.4, 0.5) is 21.0 Å². The third kappa shape index (κ3) is 7.23. The van der Waals surface area contributed by atoms with E-state index in [4.69, 9.17) is 22.1 Å². The summed E-state index contributed by atoms with van der Waals surface area (Å²) >= 11 is 6.40. The van der Waals surface area contributed by atoms with Gasteiger partial charge in [0, 0.05) is 50.9 Å². The first-order chi connectivity index (χ1) is 22.2. The van der Waals surface area contributed by atoms with Crippen LogP contribution >= 0.6 is 11.6 Å². The molecule has 3 saturated heterocycles. The maximum Gasteiger partial charge on any atom is 0.410 e. The van der Waals surface area contributed by atoms with Crippen LogP contribution in [0.15, 0.2) is 36.4 Å². The quantitative estimate of drug-likeness (QED) is 0.407. The summed E-state index contributed by atoms with van der Waals surface area (Å²) in [5, 5.41) is 3.42. The van der Waals surface area contributed by atoms with Crippen molar-refractivity contribution in [2.45, 2.75) is 70.6 Å². The van der Waals surface area contributed by atoms with Crippen LogP contribution in [-0.2, 0) is 22.5 Å². The fraction of sp³-hybridized carbons (Fsp3) is 0.571. The summed E-state index contributed by atoms with van der Waals surface area (Å²) < 4.78 is 6.05. The Bertz CT molecular complexity index is 1410. The van der Waals surface area contributed by atoms with Crippen molar-refractivity contribution in [3.05, 3.63) is 58.1 Å². The Kier molecular flexibility index (Phi) is 9.94. The monoisotopic (exact) mass is 650 g/mol. The number of nitrogens with zero attached hydrogens (tertiary/aromatic N) is 4. The van der Waals surface area contributed by atoms with Crippen molar-refractivity contribution in [3.63, 3.8) is 0 Å². The van der Waals surface area contributed by atoms with Gasteiger partial charge in [-0.2, -0.15) is 0 Å². The Morgan fingerprint density at radius 1 is 0.957 bits per heavy atom. The minimum absolute atomic E-state index is 0.0144. The summed E-state index contributed by atoms with van der Waals surface area (Å²) in [6, 6.07) is 11.4. The molecule has 46 heavy (non-hydrogen) atoms. The van der Waals surface area contributed by atoms with Crippen molar-refractivity contribution < 1.29 is 19.1 Å². The summed E-state index contributed by atoms with van der Waals surface area (Å²) in [6.45, 7) is 6.97.